The second kappa shape index (κ2) is 10.8. The van der Waals surface area contributed by atoms with Crippen molar-refractivity contribution in [2.24, 2.45) is 0 Å². The summed E-state index contributed by atoms with van der Waals surface area (Å²) in [5, 5.41) is 7.94. The molecule has 0 aliphatic heterocycles. The van der Waals surface area contributed by atoms with Crippen molar-refractivity contribution < 1.29 is 19.0 Å². The van der Waals surface area contributed by atoms with Gasteiger partial charge >= 0.3 is 5.97 Å². The van der Waals surface area contributed by atoms with Gasteiger partial charge in [0, 0.05) is 25.8 Å². The van der Waals surface area contributed by atoms with Crippen LogP contribution in [-0.2, 0) is 15.9 Å². The summed E-state index contributed by atoms with van der Waals surface area (Å²) >= 11 is 0. The minimum atomic E-state index is -0.410. The molecule has 0 aliphatic rings. The Morgan fingerprint density at radius 3 is 2.57 bits per heavy atom. The van der Waals surface area contributed by atoms with E-state index in [9.17, 15) is 4.79 Å². The van der Waals surface area contributed by atoms with E-state index in [0.717, 1.165) is 31.2 Å². The lowest BCUT2D eigenvalue weighted by Crippen LogP contribution is -2.09. The van der Waals surface area contributed by atoms with Crippen LogP contribution < -0.4 is 4.74 Å². The molecule has 0 saturated carbocycles. The number of hydrogen-bond donors (Lipinski definition) is 1. The third-order valence-electron chi connectivity index (χ3n) is 3.42. The minimum Gasteiger partial charge on any atom is -0.493 e. The molecule has 128 valence electrons. The monoisotopic (exact) mass is 321 g/mol. The van der Waals surface area contributed by atoms with Gasteiger partial charge in [0.2, 0.25) is 0 Å². The van der Waals surface area contributed by atoms with Crippen molar-refractivity contribution in [2.75, 3.05) is 27.4 Å². The van der Waals surface area contributed by atoms with Gasteiger partial charge in [-0.05, 0) is 37.0 Å². The summed E-state index contributed by atoms with van der Waals surface area (Å²) in [5.41, 5.74) is 2.08. The molecule has 0 radical (unpaired) electrons. The summed E-state index contributed by atoms with van der Waals surface area (Å²) in [6, 6.07) is 5.41. The third-order valence-corrected chi connectivity index (χ3v) is 3.42. The van der Waals surface area contributed by atoms with Gasteiger partial charge in [-0.1, -0.05) is 19.4 Å². The van der Waals surface area contributed by atoms with Crippen LogP contribution in [0.25, 0.3) is 0 Å². The van der Waals surface area contributed by atoms with Gasteiger partial charge in [-0.3, -0.25) is 0 Å². The zero-order chi connectivity index (χ0) is 17.1. The van der Waals surface area contributed by atoms with E-state index >= 15 is 0 Å². The first-order valence-corrected chi connectivity index (χ1v) is 8.01. The number of carbonyl (C=O) groups is 1. The highest BCUT2D eigenvalue weighted by Gasteiger charge is 2.14. The first-order chi connectivity index (χ1) is 11.1. The topological polar surface area (TPSA) is 68.6 Å². The van der Waals surface area contributed by atoms with Crippen molar-refractivity contribution >= 4 is 11.7 Å². The number of nitrogens with one attached hydrogen (secondary N) is 1. The fourth-order valence-electron chi connectivity index (χ4n) is 2.24. The molecule has 0 heterocycles. The van der Waals surface area contributed by atoms with Crippen molar-refractivity contribution in [1.82, 2.24) is 0 Å². The van der Waals surface area contributed by atoms with Crippen LogP contribution in [0.2, 0.25) is 0 Å². The van der Waals surface area contributed by atoms with Crippen molar-refractivity contribution in [3.05, 3.63) is 29.3 Å². The van der Waals surface area contributed by atoms with E-state index in [0.29, 0.717) is 36.7 Å². The maximum Gasteiger partial charge on any atom is 0.341 e. The Balaban J connectivity index is 2.79. The minimum absolute atomic E-state index is 0.410. The van der Waals surface area contributed by atoms with Crippen LogP contribution in [0.5, 0.6) is 5.75 Å². The quantitative estimate of drug-likeness (QED) is 0.384. The predicted molar refractivity (Wildman–Crippen MR) is 90.7 cm³/mol. The number of methoxy groups -OCH3 is 2. The van der Waals surface area contributed by atoms with Crippen LogP contribution >= 0.6 is 0 Å². The van der Waals surface area contributed by atoms with Gasteiger partial charge in [-0.15, -0.1) is 0 Å². The van der Waals surface area contributed by atoms with E-state index in [4.69, 9.17) is 19.6 Å². The first-order valence-electron chi connectivity index (χ1n) is 8.01. The largest absolute Gasteiger partial charge is 0.493 e. The lowest BCUT2D eigenvalue weighted by molar-refractivity contribution is 0.0595. The van der Waals surface area contributed by atoms with Gasteiger partial charge in [0.1, 0.15) is 11.3 Å². The Morgan fingerprint density at radius 2 is 1.91 bits per heavy atom. The lowest BCUT2D eigenvalue weighted by Gasteiger charge is -2.12. The molecule has 1 aromatic carbocycles. The van der Waals surface area contributed by atoms with E-state index < -0.39 is 5.97 Å². The fraction of sp³-hybridized carbons (Fsp3) is 0.556. The normalized spacial score (nSPS) is 10.4. The van der Waals surface area contributed by atoms with Crippen LogP contribution in [0.4, 0.5) is 0 Å². The predicted octanol–water partition coefficient (Wildman–Crippen LogP) is 3.64. The van der Waals surface area contributed by atoms with Gasteiger partial charge in [-0.25, -0.2) is 4.79 Å². The van der Waals surface area contributed by atoms with E-state index in [-0.39, 0.29) is 0 Å². The molecule has 0 atom stereocenters. The lowest BCUT2D eigenvalue weighted by atomic mass is 10.0. The fourth-order valence-corrected chi connectivity index (χ4v) is 2.24. The molecule has 0 bridgehead atoms. The molecule has 23 heavy (non-hydrogen) atoms. The van der Waals surface area contributed by atoms with E-state index in [1.807, 2.05) is 12.1 Å². The average Bonchev–Trinajstić information content (AvgIpc) is 2.54. The standard InChI is InChI=1S/C18H27NO4/c1-4-7-15(19)12-14-8-9-16(18(20)22-3)17(13-14)23-11-6-5-10-21-2/h8-9,13,19H,4-7,10-12H2,1-3H3. The van der Waals surface area contributed by atoms with Crippen molar-refractivity contribution in [3.63, 3.8) is 0 Å². The molecule has 5 nitrogen and oxygen atoms in total. The summed E-state index contributed by atoms with van der Waals surface area (Å²) in [7, 11) is 3.03. The summed E-state index contributed by atoms with van der Waals surface area (Å²) in [5.74, 6) is 0.114. The highest BCUT2D eigenvalue weighted by molar-refractivity contribution is 5.93. The molecular weight excluding hydrogens is 294 g/mol. The molecule has 0 aromatic heterocycles. The molecule has 1 N–H and O–H groups in total. The maximum absolute atomic E-state index is 11.8. The molecule has 0 unspecified atom stereocenters. The van der Waals surface area contributed by atoms with Crippen LogP contribution in [0, 0.1) is 5.41 Å². The Bertz CT molecular complexity index is 514. The number of ether oxygens (including phenoxy) is 3. The van der Waals surface area contributed by atoms with Gasteiger partial charge in [0.05, 0.1) is 13.7 Å². The molecule has 0 amide bonds. The molecule has 1 rings (SSSR count). The summed E-state index contributed by atoms with van der Waals surface area (Å²) in [4.78, 5) is 11.8. The van der Waals surface area contributed by atoms with E-state index in [2.05, 4.69) is 6.92 Å². The Labute approximate surface area is 138 Å². The SMILES string of the molecule is CCCC(=N)Cc1ccc(C(=O)OC)c(OCCCCOC)c1. The highest BCUT2D eigenvalue weighted by atomic mass is 16.5. The maximum atomic E-state index is 11.8. The average molecular weight is 321 g/mol. The second-order valence-electron chi connectivity index (χ2n) is 5.40. The number of carbonyl (C=O) groups excluding carboxylic acids is 1. The first kappa shape index (κ1) is 19.2. The van der Waals surface area contributed by atoms with Crippen molar-refractivity contribution in [2.45, 2.75) is 39.0 Å². The zero-order valence-electron chi connectivity index (χ0n) is 14.3. The zero-order valence-corrected chi connectivity index (χ0v) is 14.3. The molecule has 5 heteroatoms. The number of rotatable bonds is 11. The molecule has 0 saturated heterocycles. The van der Waals surface area contributed by atoms with E-state index in [1.165, 1.54) is 7.11 Å². The van der Waals surface area contributed by atoms with Crippen molar-refractivity contribution in [3.8, 4) is 5.75 Å². The molecule has 0 fully saturated rings. The second-order valence-corrected chi connectivity index (χ2v) is 5.40. The number of esters is 1. The van der Waals surface area contributed by atoms with E-state index in [1.54, 1.807) is 13.2 Å². The van der Waals surface area contributed by atoms with Gasteiger partial charge in [0.25, 0.3) is 0 Å². The Kier molecular flexibility index (Phi) is 8.98. The third kappa shape index (κ3) is 6.82. The molecular formula is C18H27NO4. The number of benzene rings is 1. The van der Waals surface area contributed by atoms with Crippen LogP contribution in [-0.4, -0.2) is 39.1 Å². The van der Waals surface area contributed by atoms with Crippen LogP contribution in [0.3, 0.4) is 0 Å². The Morgan fingerprint density at radius 1 is 1.17 bits per heavy atom. The summed E-state index contributed by atoms with van der Waals surface area (Å²) in [6.45, 7) is 3.27. The molecule has 0 spiro atoms. The Hall–Kier alpha value is -1.88. The van der Waals surface area contributed by atoms with Gasteiger partial charge in [0.15, 0.2) is 0 Å². The summed E-state index contributed by atoms with van der Waals surface area (Å²) in [6.07, 6.45) is 4.08. The van der Waals surface area contributed by atoms with Crippen LogP contribution in [0.1, 0.15) is 48.5 Å². The molecule has 1 aromatic rings. The van der Waals surface area contributed by atoms with Crippen molar-refractivity contribution in [1.29, 1.82) is 5.41 Å². The number of unbranched alkanes of at least 4 members (excludes halogenated alkanes) is 1. The molecule has 0 aliphatic carbocycles. The smallest absolute Gasteiger partial charge is 0.341 e. The van der Waals surface area contributed by atoms with Gasteiger partial charge in [-0.2, -0.15) is 0 Å². The number of hydrogen-bond acceptors (Lipinski definition) is 5. The van der Waals surface area contributed by atoms with Gasteiger partial charge < -0.3 is 19.6 Å². The van der Waals surface area contributed by atoms with Crippen LogP contribution in [0.15, 0.2) is 18.2 Å². The summed E-state index contributed by atoms with van der Waals surface area (Å²) < 4.78 is 15.6. The highest BCUT2D eigenvalue weighted by Crippen LogP contribution is 2.22.